The summed E-state index contributed by atoms with van der Waals surface area (Å²) in [5.74, 6) is -1.55. The molecule has 2 N–H and O–H groups in total. The number of ketones is 1. The van der Waals surface area contributed by atoms with Crippen LogP contribution < -0.4 is 0 Å². The van der Waals surface area contributed by atoms with E-state index in [2.05, 4.69) is 9.97 Å². The van der Waals surface area contributed by atoms with Gasteiger partial charge in [-0.3, -0.25) is 14.6 Å². The van der Waals surface area contributed by atoms with Crippen LogP contribution in [0.4, 0.5) is 0 Å². The van der Waals surface area contributed by atoms with Gasteiger partial charge in [0.15, 0.2) is 0 Å². The number of nitrogens with one attached hydrogen (secondary N) is 1. The quantitative estimate of drug-likeness (QED) is 0.216. The number of carbonyl (C=O) groups is 2. The Balaban J connectivity index is 1.59. The van der Waals surface area contributed by atoms with Gasteiger partial charge in [-0.15, -0.1) is 0 Å². The maximum absolute atomic E-state index is 13.5. The van der Waals surface area contributed by atoms with Crippen LogP contribution in [-0.4, -0.2) is 31.7 Å². The van der Waals surface area contributed by atoms with E-state index in [4.69, 9.17) is 0 Å². The van der Waals surface area contributed by atoms with Crippen LogP contribution in [-0.2, 0) is 16.1 Å². The van der Waals surface area contributed by atoms with E-state index in [1.807, 2.05) is 79.0 Å². The lowest BCUT2D eigenvalue weighted by Crippen LogP contribution is -2.29. The number of fused-ring (bicyclic) bond motifs is 2. The Labute approximate surface area is 201 Å². The Bertz CT molecular complexity index is 1630. The molecule has 1 unspecified atom stereocenters. The van der Waals surface area contributed by atoms with Crippen molar-refractivity contribution in [3.05, 3.63) is 120 Å². The molecule has 1 saturated heterocycles. The van der Waals surface area contributed by atoms with Crippen molar-refractivity contribution in [1.82, 2.24) is 14.9 Å². The van der Waals surface area contributed by atoms with Crippen molar-refractivity contribution in [2.45, 2.75) is 12.6 Å². The van der Waals surface area contributed by atoms with Crippen molar-refractivity contribution < 1.29 is 14.7 Å². The molecule has 3 heterocycles. The molecular formula is C29H21N3O3. The molecule has 1 fully saturated rings. The van der Waals surface area contributed by atoms with E-state index >= 15 is 0 Å². The highest BCUT2D eigenvalue weighted by molar-refractivity contribution is 6.46. The molecule has 2 aromatic heterocycles. The molecule has 0 aliphatic carbocycles. The number of aromatic nitrogens is 2. The molecule has 0 saturated carbocycles. The van der Waals surface area contributed by atoms with Gasteiger partial charge >= 0.3 is 0 Å². The third-order valence-corrected chi connectivity index (χ3v) is 6.56. The first-order valence-electron chi connectivity index (χ1n) is 11.4. The van der Waals surface area contributed by atoms with Gasteiger partial charge in [0.25, 0.3) is 11.7 Å². The fraction of sp³-hybridized carbons (Fsp3) is 0.0690. The summed E-state index contributed by atoms with van der Waals surface area (Å²) in [6, 6.07) is 25.6. The smallest absolute Gasteiger partial charge is 0.296 e. The number of pyridine rings is 1. The number of para-hydroxylation sites is 1. The number of Topliss-reactive ketones (excluding diaryl/α,β-unsaturated/α-hetero) is 1. The molecule has 1 aliphatic heterocycles. The van der Waals surface area contributed by atoms with Gasteiger partial charge < -0.3 is 15.0 Å². The summed E-state index contributed by atoms with van der Waals surface area (Å²) in [5, 5.41) is 14.2. The minimum Gasteiger partial charge on any atom is -0.507 e. The number of aliphatic hydroxyl groups excluding tert-OH is 1. The first-order chi connectivity index (χ1) is 17.1. The van der Waals surface area contributed by atoms with Crippen molar-refractivity contribution in [2.24, 2.45) is 0 Å². The van der Waals surface area contributed by atoms with Gasteiger partial charge in [-0.1, -0.05) is 66.7 Å². The average molecular weight is 460 g/mol. The number of nitrogens with zero attached hydrogens (tertiary/aromatic N) is 2. The van der Waals surface area contributed by atoms with Crippen molar-refractivity contribution in [1.29, 1.82) is 0 Å². The van der Waals surface area contributed by atoms with Gasteiger partial charge in [-0.2, -0.15) is 0 Å². The Morgan fingerprint density at radius 3 is 2.46 bits per heavy atom. The lowest BCUT2D eigenvalue weighted by molar-refractivity contribution is -0.140. The monoisotopic (exact) mass is 459 g/mol. The lowest BCUT2D eigenvalue weighted by Gasteiger charge is -2.24. The number of benzene rings is 3. The molecular weight excluding hydrogens is 438 g/mol. The SMILES string of the molecule is O=C1C(=O)N(Cc2ccccn2)C(c2c[nH]c3ccccc23)/C1=C(\O)c1cccc2ccccc12. The number of hydrogen-bond donors (Lipinski definition) is 2. The highest BCUT2D eigenvalue weighted by Crippen LogP contribution is 2.43. The summed E-state index contributed by atoms with van der Waals surface area (Å²) in [6.45, 7) is 0.141. The van der Waals surface area contributed by atoms with Crippen LogP contribution in [0.1, 0.15) is 22.9 Å². The molecule has 6 rings (SSSR count). The standard InChI is InChI=1S/C29H21N3O3/c33-27(22-13-7-9-18-8-1-2-11-20(18)22)25-26(23-16-31-24-14-4-3-12-21(23)24)32(29(35)28(25)34)17-19-10-5-6-15-30-19/h1-16,26,31,33H,17H2/b27-25+. The minimum atomic E-state index is -0.771. The van der Waals surface area contributed by atoms with Crippen molar-refractivity contribution in [3.8, 4) is 0 Å². The second kappa shape index (κ2) is 8.25. The Hall–Kier alpha value is -4.71. The van der Waals surface area contributed by atoms with Gasteiger partial charge in [0.1, 0.15) is 5.76 Å². The molecule has 170 valence electrons. The maximum atomic E-state index is 13.5. The number of aliphatic hydroxyl groups is 1. The molecule has 1 atom stereocenters. The highest BCUT2D eigenvalue weighted by atomic mass is 16.3. The fourth-order valence-corrected chi connectivity index (χ4v) is 4.93. The van der Waals surface area contributed by atoms with Crippen LogP contribution in [0.5, 0.6) is 0 Å². The number of likely N-dealkylation sites (tertiary alicyclic amines) is 1. The van der Waals surface area contributed by atoms with Gasteiger partial charge in [0.05, 0.1) is 23.9 Å². The second-order valence-corrected chi connectivity index (χ2v) is 8.56. The van der Waals surface area contributed by atoms with Crippen molar-refractivity contribution in [3.63, 3.8) is 0 Å². The van der Waals surface area contributed by atoms with E-state index in [0.717, 1.165) is 27.2 Å². The summed E-state index contributed by atoms with van der Waals surface area (Å²) in [4.78, 5) is 35.9. The summed E-state index contributed by atoms with van der Waals surface area (Å²) in [7, 11) is 0. The third-order valence-electron chi connectivity index (χ3n) is 6.56. The highest BCUT2D eigenvalue weighted by Gasteiger charge is 2.47. The van der Waals surface area contributed by atoms with E-state index in [9.17, 15) is 14.7 Å². The first-order valence-corrected chi connectivity index (χ1v) is 11.4. The number of amides is 1. The van der Waals surface area contributed by atoms with Gasteiger partial charge in [0, 0.05) is 34.4 Å². The predicted octanol–water partition coefficient (Wildman–Crippen LogP) is 5.34. The molecule has 35 heavy (non-hydrogen) atoms. The Morgan fingerprint density at radius 1 is 0.886 bits per heavy atom. The molecule has 3 aromatic carbocycles. The van der Waals surface area contributed by atoms with Crippen molar-refractivity contribution >= 4 is 39.1 Å². The lowest BCUT2D eigenvalue weighted by atomic mass is 9.93. The molecule has 1 amide bonds. The zero-order valence-electron chi connectivity index (χ0n) is 18.7. The molecule has 0 bridgehead atoms. The number of aromatic amines is 1. The third kappa shape index (κ3) is 3.38. The maximum Gasteiger partial charge on any atom is 0.296 e. The Kier molecular flexibility index (Phi) is 4.92. The van der Waals surface area contributed by atoms with E-state index in [1.165, 1.54) is 4.90 Å². The van der Waals surface area contributed by atoms with Gasteiger partial charge in [-0.05, 0) is 29.0 Å². The van der Waals surface area contributed by atoms with Crippen LogP contribution in [0.2, 0.25) is 0 Å². The molecule has 5 aromatic rings. The number of carbonyl (C=O) groups excluding carboxylic acids is 2. The number of rotatable bonds is 4. The summed E-state index contributed by atoms with van der Waals surface area (Å²) < 4.78 is 0. The van der Waals surface area contributed by atoms with E-state index in [0.29, 0.717) is 11.3 Å². The molecule has 0 radical (unpaired) electrons. The van der Waals surface area contributed by atoms with Crippen LogP contribution in [0.15, 0.2) is 103 Å². The molecule has 6 heteroatoms. The topological polar surface area (TPSA) is 86.3 Å². The zero-order chi connectivity index (χ0) is 23.9. The van der Waals surface area contributed by atoms with Gasteiger partial charge in [0.2, 0.25) is 0 Å². The van der Waals surface area contributed by atoms with Crippen LogP contribution in [0, 0.1) is 0 Å². The molecule has 6 nitrogen and oxygen atoms in total. The second-order valence-electron chi connectivity index (χ2n) is 8.56. The largest absolute Gasteiger partial charge is 0.507 e. The van der Waals surface area contributed by atoms with E-state index < -0.39 is 17.7 Å². The molecule has 0 spiro atoms. The predicted molar refractivity (Wildman–Crippen MR) is 134 cm³/mol. The Morgan fingerprint density at radius 2 is 1.63 bits per heavy atom. The number of hydrogen-bond acceptors (Lipinski definition) is 4. The summed E-state index contributed by atoms with van der Waals surface area (Å²) in [5.41, 5.74) is 2.88. The first kappa shape index (κ1) is 20.9. The number of H-pyrrole nitrogens is 1. The van der Waals surface area contributed by atoms with Crippen LogP contribution >= 0.6 is 0 Å². The van der Waals surface area contributed by atoms with Gasteiger partial charge in [-0.25, -0.2) is 0 Å². The summed E-state index contributed by atoms with van der Waals surface area (Å²) in [6.07, 6.45) is 3.46. The summed E-state index contributed by atoms with van der Waals surface area (Å²) >= 11 is 0. The van der Waals surface area contributed by atoms with Crippen LogP contribution in [0.3, 0.4) is 0 Å². The zero-order valence-corrected chi connectivity index (χ0v) is 18.7. The average Bonchev–Trinajstić information content (AvgIpc) is 3.43. The normalized spacial score (nSPS) is 17.5. The van der Waals surface area contributed by atoms with Crippen LogP contribution in [0.25, 0.3) is 27.4 Å². The van der Waals surface area contributed by atoms with Crippen molar-refractivity contribution in [2.75, 3.05) is 0 Å². The molecule has 1 aliphatic rings. The minimum absolute atomic E-state index is 0.0760. The van der Waals surface area contributed by atoms with E-state index in [1.54, 1.807) is 18.3 Å². The fourth-order valence-electron chi connectivity index (χ4n) is 4.93. The van der Waals surface area contributed by atoms with E-state index in [-0.39, 0.29) is 17.9 Å².